The zero-order chi connectivity index (χ0) is 16.9. The second-order valence-electron chi connectivity index (χ2n) is 4.64. The molecule has 0 heterocycles. The molecule has 1 N–H and O–H groups in total. The Morgan fingerprint density at radius 2 is 1.77 bits per heavy atom. The minimum atomic E-state index is -4.51. The van der Waals surface area contributed by atoms with E-state index in [9.17, 15) is 26.8 Å². The minimum absolute atomic E-state index is 0.0235. The Morgan fingerprint density at radius 3 is 2.23 bits per heavy atom. The summed E-state index contributed by atoms with van der Waals surface area (Å²) in [5.74, 6) is -5.73. The van der Waals surface area contributed by atoms with Crippen molar-refractivity contribution in [1.29, 1.82) is 0 Å². The first-order valence-corrected chi connectivity index (χ1v) is 7.91. The van der Waals surface area contributed by atoms with E-state index in [0.717, 1.165) is 0 Å². The van der Waals surface area contributed by atoms with E-state index in [4.69, 9.17) is 5.11 Å². The van der Waals surface area contributed by atoms with Gasteiger partial charge in [0, 0.05) is 19.2 Å². The van der Waals surface area contributed by atoms with Crippen molar-refractivity contribution in [2.75, 3.05) is 13.6 Å². The van der Waals surface area contributed by atoms with Crippen LogP contribution in [0.2, 0.25) is 0 Å². The number of carboxylic acid groups (broad SMARTS) is 1. The first kappa shape index (κ1) is 18.0. The first-order chi connectivity index (χ1) is 10.1. The van der Waals surface area contributed by atoms with Gasteiger partial charge in [-0.3, -0.25) is 9.59 Å². The molecule has 1 aromatic rings. The Kier molecular flexibility index (Phi) is 5.98. The lowest BCUT2D eigenvalue weighted by atomic mass is 10.1. The van der Waals surface area contributed by atoms with Crippen LogP contribution in [0, 0.1) is 0 Å². The molecule has 0 aliphatic carbocycles. The smallest absolute Gasteiger partial charge is 0.337 e. The predicted molar refractivity (Wildman–Crippen MR) is 74.3 cm³/mol. The lowest BCUT2D eigenvalue weighted by Crippen LogP contribution is -2.29. The summed E-state index contributed by atoms with van der Waals surface area (Å²) in [5, 5.41) is 8.55. The summed E-state index contributed by atoms with van der Waals surface area (Å²) in [6, 6.07) is 5.18. The van der Waals surface area contributed by atoms with E-state index in [-0.39, 0.29) is 24.1 Å². The molecule has 0 bridgehead atoms. The van der Waals surface area contributed by atoms with Crippen molar-refractivity contribution in [2.45, 2.75) is 17.9 Å². The fourth-order valence-corrected chi connectivity index (χ4v) is 2.41. The highest BCUT2D eigenvalue weighted by Gasteiger charge is 2.24. The quantitative estimate of drug-likeness (QED) is 0.812. The maximum atomic E-state index is 12.3. The summed E-state index contributed by atoms with van der Waals surface area (Å²) >= 11 is 0. The average Bonchev–Trinajstić information content (AvgIpc) is 2.44. The van der Waals surface area contributed by atoms with Gasteiger partial charge in [0.05, 0.1) is 12.2 Å². The zero-order valence-corrected chi connectivity index (χ0v) is 12.5. The van der Waals surface area contributed by atoms with E-state index in [1.54, 1.807) is 0 Å². The van der Waals surface area contributed by atoms with Crippen molar-refractivity contribution >= 4 is 21.7 Å². The van der Waals surface area contributed by atoms with Gasteiger partial charge in [-0.2, -0.15) is 8.78 Å². The van der Waals surface area contributed by atoms with Crippen molar-refractivity contribution in [3.8, 4) is 0 Å². The molecular formula is C13H15F2NO5S. The summed E-state index contributed by atoms with van der Waals surface area (Å²) < 4.78 is 46.7. The van der Waals surface area contributed by atoms with Gasteiger partial charge < -0.3 is 10.0 Å². The van der Waals surface area contributed by atoms with Crippen LogP contribution in [-0.2, 0) is 20.4 Å². The topological polar surface area (TPSA) is 91.8 Å². The van der Waals surface area contributed by atoms with Crippen LogP contribution in [-0.4, -0.2) is 49.7 Å². The van der Waals surface area contributed by atoms with Crippen LogP contribution in [0.3, 0.4) is 0 Å². The van der Waals surface area contributed by atoms with Crippen LogP contribution >= 0.6 is 0 Å². The third kappa shape index (κ3) is 5.06. The fraction of sp³-hybridized carbons (Fsp3) is 0.385. The van der Waals surface area contributed by atoms with Crippen LogP contribution in [0.4, 0.5) is 8.78 Å². The molecule has 0 radical (unpaired) electrons. The number of carboxylic acids is 1. The summed E-state index contributed by atoms with van der Waals surface area (Å²) in [6.07, 6.45) is -0.201. The normalized spacial score (nSPS) is 11.5. The van der Waals surface area contributed by atoms with Crippen LogP contribution < -0.4 is 0 Å². The van der Waals surface area contributed by atoms with Gasteiger partial charge in [-0.1, -0.05) is 12.1 Å². The molecular weight excluding hydrogens is 320 g/mol. The van der Waals surface area contributed by atoms with Crippen molar-refractivity contribution in [3.63, 3.8) is 0 Å². The van der Waals surface area contributed by atoms with Crippen molar-refractivity contribution in [2.24, 2.45) is 0 Å². The SMILES string of the molecule is CN(CCC(=O)O)C(=O)c1ccc(CS(=O)(=O)C(F)F)cc1. The Labute approximate surface area is 126 Å². The molecule has 0 aliphatic heterocycles. The summed E-state index contributed by atoms with van der Waals surface area (Å²) in [4.78, 5) is 23.6. The number of rotatable bonds is 7. The maximum absolute atomic E-state index is 12.3. The van der Waals surface area contributed by atoms with Gasteiger partial charge in [-0.15, -0.1) is 0 Å². The van der Waals surface area contributed by atoms with Gasteiger partial charge >= 0.3 is 11.7 Å². The number of carbonyl (C=O) groups excluding carboxylic acids is 1. The molecule has 9 heteroatoms. The summed E-state index contributed by atoms with van der Waals surface area (Å²) in [5.41, 5.74) is 0.358. The molecule has 122 valence electrons. The monoisotopic (exact) mass is 335 g/mol. The molecule has 0 aliphatic rings. The highest BCUT2D eigenvalue weighted by molar-refractivity contribution is 7.90. The van der Waals surface area contributed by atoms with E-state index in [2.05, 4.69) is 0 Å². The number of hydrogen-bond donors (Lipinski definition) is 1. The first-order valence-electron chi connectivity index (χ1n) is 6.19. The van der Waals surface area contributed by atoms with Gasteiger partial charge in [0.15, 0.2) is 0 Å². The van der Waals surface area contributed by atoms with Gasteiger partial charge in [0.1, 0.15) is 0 Å². The molecule has 0 fully saturated rings. The number of aliphatic carboxylic acids is 1. The fourth-order valence-electron chi connectivity index (χ4n) is 1.62. The summed E-state index contributed by atoms with van der Waals surface area (Å²) in [7, 11) is -3.08. The molecule has 0 saturated heterocycles. The second-order valence-corrected chi connectivity index (χ2v) is 6.61. The molecule has 0 atom stereocenters. The molecule has 0 unspecified atom stereocenters. The number of halogens is 2. The van der Waals surface area contributed by atoms with E-state index in [0.29, 0.717) is 0 Å². The largest absolute Gasteiger partial charge is 0.481 e. The molecule has 22 heavy (non-hydrogen) atoms. The van der Waals surface area contributed by atoms with Crippen LogP contribution in [0.5, 0.6) is 0 Å². The van der Waals surface area contributed by atoms with E-state index in [1.165, 1.54) is 36.2 Å². The number of sulfone groups is 1. The third-order valence-electron chi connectivity index (χ3n) is 2.85. The Balaban J connectivity index is 2.76. The minimum Gasteiger partial charge on any atom is -0.481 e. The molecule has 6 nitrogen and oxygen atoms in total. The highest BCUT2D eigenvalue weighted by atomic mass is 32.2. The maximum Gasteiger partial charge on any atom is 0.337 e. The van der Waals surface area contributed by atoms with Gasteiger partial charge in [-0.05, 0) is 17.7 Å². The van der Waals surface area contributed by atoms with Crippen LogP contribution in [0.15, 0.2) is 24.3 Å². The van der Waals surface area contributed by atoms with Crippen molar-refractivity contribution in [1.82, 2.24) is 4.90 Å². The number of alkyl halides is 2. The Hall–Kier alpha value is -2.03. The van der Waals surface area contributed by atoms with Gasteiger partial charge in [0.2, 0.25) is 9.84 Å². The molecule has 1 amide bonds. The number of amides is 1. The number of hydrogen-bond acceptors (Lipinski definition) is 4. The Morgan fingerprint density at radius 1 is 1.23 bits per heavy atom. The summed E-state index contributed by atoms with van der Waals surface area (Å²) in [6.45, 7) is 0.0235. The molecule has 1 rings (SSSR count). The molecule has 1 aromatic carbocycles. The molecule has 0 saturated carbocycles. The lowest BCUT2D eigenvalue weighted by Gasteiger charge is -2.16. The zero-order valence-electron chi connectivity index (χ0n) is 11.7. The standard InChI is InChI=1S/C13H15F2NO5S/c1-16(7-6-11(17)18)12(19)10-4-2-9(3-5-10)8-22(20,21)13(14)15/h2-5,13H,6-8H2,1H3,(H,17,18). The third-order valence-corrected chi connectivity index (χ3v) is 4.13. The number of nitrogens with zero attached hydrogens (tertiary/aromatic N) is 1. The lowest BCUT2D eigenvalue weighted by molar-refractivity contribution is -0.137. The van der Waals surface area contributed by atoms with Gasteiger partial charge in [0.25, 0.3) is 5.91 Å². The predicted octanol–water partition coefficient (Wildman–Crippen LogP) is 1.37. The van der Waals surface area contributed by atoms with Gasteiger partial charge in [-0.25, -0.2) is 8.42 Å². The number of benzene rings is 1. The highest BCUT2D eigenvalue weighted by Crippen LogP contribution is 2.15. The molecule has 0 spiro atoms. The van der Waals surface area contributed by atoms with Crippen molar-refractivity contribution in [3.05, 3.63) is 35.4 Å². The van der Waals surface area contributed by atoms with E-state index < -0.39 is 33.2 Å². The Bertz CT molecular complexity index is 643. The van der Waals surface area contributed by atoms with Crippen LogP contribution in [0.25, 0.3) is 0 Å². The second kappa shape index (κ2) is 7.30. The van der Waals surface area contributed by atoms with Crippen molar-refractivity contribution < 1.29 is 31.9 Å². The molecule has 0 aromatic heterocycles. The van der Waals surface area contributed by atoms with E-state index >= 15 is 0 Å². The van der Waals surface area contributed by atoms with E-state index in [1.807, 2.05) is 0 Å². The van der Waals surface area contributed by atoms with Crippen LogP contribution in [0.1, 0.15) is 22.3 Å². The number of carbonyl (C=O) groups is 2. The average molecular weight is 335 g/mol.